The van der Waals surface area contributed by atoms with Gasteiger partial charge in [0, 0.05) is 42.0 Å². The lowest BCUT2D eigenvalue weighted by Gasteiger charge is -2.34. The number of benzene rings is 2. The van der Waals surface area contributed by atoms with Crippen LogP contribution in [0.15, 0.2) is 84.6 Å². The van der Waals surface area contributed by atoms with Crippen LogP contribution in [-0.4, -0.2) is 52.3 Å². The van der Waals surface area contributed by atoms with Gasteiger partial charge in [0.2, 0.25) is 0 Å². The fourth-order valence-electron chi connectivity index (χ4n) is 5.03. The van der Waals surface area contributed by atoms with Crippen molar-refractivity contribution in [2.45, 2.75) is 12.2 Å². The Morgan fingerprint density at radius 3 is 2.54 bits per heavy atom. The number of alkyl halides is 3. The number of hydrogen-bond donors (Lipinski definition) is 1. The van der Waals surface area contributed by atoms with E-state index in [1.54, 1.807) is 22.0 Å². The van der Waals surface area contributed by atoms with Gasteiger partial charge in [-0.15, -0.1) is 11.3 Å². The highest BCUT2D eigenvalue weighted by Gasteiger charge is 2.31. The summed E-state index contributed by atoms with van der Waals surface area (Å²) in [6.45, 7) is 3.67. The molecule has 200 valence electrons. The van der Waals surface area contributed by atoms with Gasteiger partial charge in [-0.2, -0.15) is 13.2 Å². The molecule has 5 aromatic rings. The molecule has 1 saturated heterocycles. The van der Waals surface area contributed by atoms with Crippen molar-refractivity contribution >= 4 is 28.2 Å². The van der Waals surface area contributed by atoms with E-state index in [4.69, 9.17) is 4.74 Å². The van der Waals surface area contributed by atoms with Gasteiger partial charge in [-0.05, 0) is 35.2 Å². The zero-order valence-electron chi connectivity index (χ0n) is 20.9. The van der Waals surface area contributed by atoms with Crippen molar-refractivity contribution in [3.8, 4) is 16.8 Å². The number of morpholine rings is 1. The number of fused-ring (bicyclic) bond motifs is 1. The van der Waals surface area contributed by atoms with Crippen LogP contribution >= 0.6 is 11.3 Å². The van der Waals surface area contributed by atoms with Crippen LogP contribution in [0.1, 0.15) is 16.5 Å². The van der Waals surface area contributed by atoms with Gasteiger partial charge >= 0.3 is 6.18 Å². The van der Waals surface area contributed by atoms with Crippen LogP contribution < -0.4 is 5.32 Å². The fourth-order valence-corrected chi connectivity index (χ4v) is 5.90. The first-order valence-corrected chi connectivity index (χ1v) is 13.5. The summed E-state index contributed by atoms with van der Waals surface area (Å²) in [6.07, 6.45) is -1.15. The number of aromatic nitrogens is 3. The Morgan fingerprint density at radius 2 is 1.79 bits per heavy atom. The number of nitrogens with one attached hydrogen (secondary N) is 1. The minimum absolute atomic E-state index is 0.129. The molecule has 6 nitrogen and oxygen atoms in total. The minimum atomic E-state index is -4.45. The molecular weight excluding hydrogens is 523 g/mol. The first-order chi connectivity index (χ1) is 19.0. The molecule has 1 fully saturated rings. The van der Waals surface area contributed by atoms with Gasteiger partial charge in [0.25, 0.3) is 0 Å². The first kappa shape index (κ1) is 25.5. The van der Waals surface area contributed by atoms with Crippen molar-refractivity contribution in [3.05, 3.63) is 95.1 Å². The van der Waals surface area contributed by atoms with Crippen LogP contribution in [-0.2, 0) is 10.9 Å². The molecule has 0 aliphatic carbocycles. The number of anilines is 1. The summed E-state index contributed by atoms with van der Waals surface area (Å²) in [7, 11) is 0. The van der Waals surface area contributed by atoms with E-state index in [-0.39, 0.29) is 6.04 Å². The van der Waals surface area contributed by atoms with Gasteiger partial charge in [0.05, 0.1) is 30.2 Å². The molecule has 0 saturated carbocycles. The van der Waals surface area contributed by atoms with Crippen molar-refractivity contribution in [3.63, 3.8) is 0 Å². The molecule has 1 N–H and O–H groups in total. The quantitative estimate of drug-likeness (QED) is 0.246. The lowest BCUT2D eigenvalue weighted by atomic mass is 10.1. The second-order valence-corrected chi connectivity index (χ2v) is 10.3. The number of thiophene rings is 1. The van der Waals surface area contributed by atoms with E-state index >= 15 is 0 Å². The van der Waals surface area contributed by atoms with E-state index in [2.05, 4.69) is 37.7 Å². The Morgan fingerprint density at radius 1 is 0.974 bits per heavy atom. The Kier molecular flexibility index (Phi) is 7.07. The smallest absolute Gasteiger partial charge is 0.379 e. The Balaban J connectivity index is 1.43. The molecular formula is C29H26F3N5OS. The van der Waals surface area contributed by atoms with Crippen LogP contribution in [0.2, 0.25) is 0 Å². The number of ether oxygens (including phenoxy) is 1. The maximum Gasteiger partial charge on any atom is 0.416 e. The van der Waals surface area contributed by atoms with Gasteiger partial charge in [-0.1, -0.05) is 42.5 Å². The summed E-state index contributed by atoms with van der Waals surface area (Å²) in [5.41, 5.74) is 1.97. The second kappa shape index (κ2) is 10.8. The van der Waals surface area contributed by atoms with Crippen molar-refractivity contribution < 1.29 is 17.9 Å². The van der Waals surface area contributed by atoms with E-state index < -0.39 is 11.7 Å². The minimum Gasteiger partial charge on any atom is -0.379 e. The molecule has 1 aliphatic rings. The van der Waals surface area contributed by atoms with Crippen molar-refractivity contribution in [1.82, 2.24) is 19.4 Å². The van der Waals surface area contributed by atoms with Crippen LogP contribution in [0.4, 0.5) is 19.0 Å². The molecule has 0 unspecified atom stereocenters. The molecule has 0 bridgehead atoms. The zero-order valence-corrected chi connectivity index (χ0v) is 21.8. The van der Waals surface area contributed by atoms with Crippen molar-refractivity contribution in [1.29, 1.82) is 0 Å². The predicted octanol–water partition coefficient (Wildman–Crippen LogP) is 6.65. The van der Waals surface area contributed by atoms with Gasteiger partial charge in [-0.3, -0.25) is 4.90 Å². The van der Waals surface area contributed by atoms with E-state index in [1.165, 1.54) is 17.3 Å². The maximum absolute atomic E-state index is 13.5. The van der Waals surface area contributed by atoms with Crippen molar-refractivity contribution in [2.75, 3.05) is 38.2 Å². The molecule has 2 aromatic carbocycles. The highest BCUT2D eigenvalue weighted by molar-refractivity contribution is 7.10. The van der Waals surface area contributed by atoms with Crippen LogP contribution in [0, 0.1) is 0 Å². The monoisotopic (exact) mass is 549 g/mol. The average molecular weight is 550 g/mol. The number of nitrogens with zero attached hydrogens (tertiary/aromatic N) is 4. The zero-order chi connectivity index (χ0) is 26.8. The summed E-state index contributed by atoms with van der Waals surface area (Å²) in [5.74, 6) is 0.638. The molecule has 0 amide bonds. The second-order valence-electron chi connectivity index (χ2n) is 9.31. The normalized spacial score (nSPS) is 15.5. The van der Waals surface area contributed by atoms with E-state index in [9.17, 15) is 13.2 Å². The Bertz CT molecular complexity index is 1550. The van der Waals surface area contributed by atoms with Gasteiger partial charge < -0.3 is 14.6 Å². The number of hydrogen-bond acceptors (Lipinski definition) is 6. The molecule has 1 aliphatic heterocycles. The Hall–Kier alpha value is -3.73. The molecule has 4 heterocycles. The molecule has 0 radical (unpaired) electrons. The molecule has 0 spiro atoms. The summed E-state index contributed by atoms with van der Waals surface area (Å²) < 4.78 is 47.8. The summed E-state index contributed by atoms with van der Waals surface area (Å²) in [6, 6.07) is 19.4. The molecule has 39 heavy (non-hydrogen) atoms. The third-order valence-electron chi connectivity index (χ3n) is 6.94. The first-order valence-electron chi connectivity index (χ1n) is 12.7. The summed E-state index contributed by atoms with van der Waals surface area (Å²) in [4.78, 5) is 12.8. The summed E-state index contributed by atoms with van der Waals surface area (Å²) >= 11 is 1.72. The van der Waals surface area contributed by atoms with Gasteiger partial charge in [0.15, 0.2) is 5.65 Å². The molecule has 1 atom stereocenters. The third kappa shape index (κ3) is 5.27. The molecule has 10 heteroatoms. The number of halogens is 3. The highest BCUT2D eigenvalue weighted by atomic mass is 32.1. The fraction of sp³-hybridized carbons (Fsp3) is 0.241. The SMILES string of the molecule is FC(F)(F)c1cccc(-n2cc(-c3ccccc3)c3c(NC[C@H](c4cccs4)N4CCOCC4)ncnc32)c1. The largest absolute Gasteiger partial charge is 0.416 e. The topological polar surface area (TPSA) is 55.2 Å². The third-order valence-corrected chi connectivity index (χ3v) is 7.91. The highest BCUT2D eigenvalue weighted by Crippen LogP contribution is 2.37. The molecule has 6 rings (SSSR count). The van der Waals surface area contributed by atoms with Crippen LogP contribution in [0.25, 0.3) is 27.8 Å². The standard InChI is InChI=1S/C29H26F3N5OS/c30-29(31,32)21-8-4-9-22(16-21)37-18-23(20-6-2-1-3-7-20)26-27(34-19-35-28(26)37)33-17-24(25-10-5-15-39-25)36-11-13-38-14-12-36/h1-10,15-16,18-19,24H,11-14,17H2,(H,33,34,35)/t24-/m1/s1. The van der Waals surface area contributed by atoms with Gasteiger partial charge in [0.1, 0.15) is 12.1 Å². The van der Waals surface area contributed by atoms with Gasteiger partial charge in [-0.25, -0.2) is 9.97 Å². The predicted molar refractivity (Wildman–Crippen MR) is 147 cm³/mol. The lowest BCUT2D eigenvalue weighted by molar-refractivity contribution is -0.137. The average Bonchev–Trinajstić information content (AvgIpc) is 3.63. The lowest BCUT2D eigenvalue weighted by Crippen LogP contribution is -2.41. The number of rotatable bonds is 7. The summed E-state index contributed by atoms with van der Waals surface area (Å²) in [5, 5.41) is 6.40. The van der Waals surface area contributed by atoms with E-state index in [1.807, 2.05) is 36.5 Å². The Labute approximate surface area is 227 Å². The van der Waals surface area contributed by atoms with Crippen molar-refractivity contribution in [2.24, 2.45) is 0 Å². The molecule has 3 aromatic heterocycles. The van der Waals surface area contributed by atoms with Crippen LogP contribution in [0.5, 0.6) is 0 Å². The maximum atomic E-state index is 13.5. The van der Waals surface area contributed by atoms with E-state index in [0.29, 0.717) is 36.9 Å². The van der Waals surface area contributed by atoms with Crippen LogP contribution in [0.3, 0.4) is 0 Å². The van der Waals surface area contributed by atoms with E-state index in [0.717, 1.165) is 41.7 Å².